The Morgan fingerprint density at radius 1 is 1.36 bits per heavy atom. The van der Waals surface area contributed by atoms with E-state index in [-0.39, 0.29) is 0 Å². The van der Waals surface area contributed by atoms with Gasteiger partial charge in [0.15, 0.2) is 0 Å². The molecule has 1 rings (SSSR count). The van der Waals surface area contributed by atoms with Crippen LogP contribution in [0.5, 0.6) is 0 Å². The molecule has 0 radical (unpaired) electrons. The molecule has 0 aromatic rings. The first-order chi connectivity index (χ1) is 5.34. The molecule has 0 heterocycles. The Morgan fingerprint density at radius 3 is 2.55 bits per heavy atom. The average Bonchev–Trinajstić information content (AvgIpc) is 2.07. The fraction of sp³-hybridized carbons (Fsp3) is 0.800. The molecule has 0 aromatic carbocycles. The van der Waals surface area contributed by atoms with E-state index in [4.69, 9.17) is 5.41 Å². The molecule has 1 aliphatic carbocycles. The highest BCUT2D eigenvalue weighted by atomic mass is 14.3. The summed E-state index contributed by atoms with van der Waals surface area (Å²) in [5.74, 6) is 3.80. The third-order valence-electron chi connectivity index (χ3n) is 2.74. The van der Waals surface area contributed by atoms with Crippen LogP contribution in [0.25, 0.3) is 0 Å². The molecule has 1 fully saturated rings. The van der Waals surface area contributed by atoms with Crippen LogP contribution in [0.4, 0.5) is 0 Å². The minimum Gasteiger partial charge on any atom is -0.259 e. The lowest BCUT2D eigenvalue weighted by molar-refractivity contribution is 0.301. The molecule has 11 heavy (non-hydrogen) atoms. The lowest BCUT2D eigenvalue weighted by atomic mass is 9.81. The van der Waals surface area contributed by atoms with Crippen LogP contribution in [0.3, 0.4) is 0 Å². The smallest absolute Gasteiger partial charge is 0.0142 e. The maximum atomic E-state index is 6.85. The monoisotopic (exact) mass is 151 g/mol. The fourth-order valence-corrected chi connectivity index (χ4v) is 1.93. The topological polar surface area (TPSA) is 23.9 Å². The Labute approximate surface area is 69.0 Å². The van der Waals surface area contributed by atoms with Gasteiger partial charge in [0, 0.05) is 0 Å². The first-order valence-corrected chi connectivity index (χ1v) is 4.60. The molecule has 1 unspecified atom stereocenters. The average molecular weight is 151 g/mol. The van der Waals surface area contributed by atoms with Crippen LogP contribution in [0.15, 0.2) is 6.08 Å². The summed E-state index contributed by atoms with van der Waals surface area (Å²) in [6.45, 7) is 2.21. The van der Waals surface area contributed by atoms with Crippen molar-refractivity contribution in [2.45, 2.75) is 39.0 Å². The Morgan fingerprint density at radius 2 is 2.00 bits per heavy atom. The van der Waals surface area contributed by atoms with Crippen molar-refractivity contribution in [3.8, 4) is 0 Å². The Kier molecular flexibility index (Phi) is 3.38. The van der Waals surface area contributed by atoms with Gasteiger partial charge in [0.25, 0.3) is 0 Å². The van der Waals surface area contributed by atoms with Gasteiger partial charge in [0.05, 0.1) is 0 Å². The molecule has 1 aliphatic rings. The summed E-state index contributed by atoms with van der Waals surface area (Å²) in [5.41, 5.74) is 0. The third kappa shape index (κ3) is 2.51. The molecule has 0 amide bonds. The first kappa shape index (κ1) is 8.55. The molecule has 0 aliphatic heterocycles. The highest BCUT2D eigenvalue weighted by Gasteiger charge is 2.17. The van der Waals surface area contributed by atoms with Crippen LogP contribution in [0, 0.1) is 17.2 Å². The molecule has 1 heteroatoms. The second-order valence-electron chi connectivity index (χ2n) is 3.57. The van der Waals surface area contributed by atoms with Gasteiger partial charge < -0.3 is 0 Å². The summed E-state index contributed by atoms with van der Waals surface area (Å²) in [6, 6.07) is 0. The van der Waals surface area contributed by atoms with Crippen molar-refractivity contribution in [1.29, 1.82) is 5.41 Å². The molecular formula is C10H17N. The molecule has 0 saturated heterocycles. The van der Waals surface area contributed by atoms with E-state index in [2.05, 4.69) is 12.8 Å². The van der Waals surface area contributed by atoms with Crippen molar-refractivity contribution in [3.05, 3.63) is 6.08 Å². The highest BCUT2D eigenvalue weighted by molar-refractivity contribution is 5.47. The van der Waals surface area contributed by atoms with E-state index < -0.39 is 0 Å². The first-order valence-electron chi connectivity index (χ1n) is 4.60. The maximum Gasteiger partial charge on any atom is -0.0142 e. The summed E-state index contributed by atoms with van der Waals surface area (Å²) < 4.78 is 0. The third-order valence-corrected chi connectivity index (χ3v) is 2.74. The van der Waals surface area contributed by atoms with E-state index in [1.165, 1.54) is 32.1 Å². The zero-order valence-electron chi connectivity index (χ0n) is 7.27. The van der Waals surface area contributed by atoms with E-state index in [9.17, 15) is 0 Å². The quantitative estimate of drug-likeness (QED) is 0.587. The second-order valence-corrected chi connectivity index (χ2v) is 3.57. The van der Waals surface area contributed by atoms with Crippen LogP contribution in [0.2, 0.25) is 0 Å². The number of hydrogen-bond donors (Lipinski definition) is 1. The lowest BCUT2D eigenvalue weighted by Gasteiger charge is -2.24. The Balaban J connectivity index is 2.38. The summed E-state index contributed by atoms with van der Waals surface area (Å²) in [7, 11) is 0. The van der Waals surface area contributed by atoms with Crippen molar-refractivity contribution in [2.24, 2.45) is 11.8 Å². The fourth-order valence-electron chi connectivity index (χ4n) is 1.93. The zero-order valence-corrected chi connectivity index (χ0v) is 7.27. The minimum atomic E-state index is 0.577. The number of allylic oxidation sites excluding steroid dienone is 1. The van der Waals surface area contributed by atoms with Gasteiger partial charge in [0.2, 0.25) is 0 Å². The van der Waals surface area contributed by atoms with Gasteiger partial charge in [-0.05, 0) is 36.6 Å². The maximum absolute atomic E-state index is 6.85. The van der Waals surface area contributed by atoms with Crippen molar-refractivity contribution >= 4 is 5.87 Å². The van der Waals surface area contributed by atoms with E-state index in [1.54, 1.807) is 0 Å². The van der Waals surface area contributed by atoms with Gasteiger partial charge in [-0.25, -0.2) is 0 Å². The van der Waals surface area contributed by atoms with Crippen LogP contribution in [-0.4, -0.2) is 5.87 Å². The standard InChI is InChI=1S/C10H17N/c1-9(7-8-11)10-5-3-2-4-6-10/h7,9-11H,2-6H2,1H3. The predicted octanol–water partition coefficient (Wildman–Crippen LogP) is 3.01. The Hall–Kier alpha value is -0.550. The van der Waals surface area contributed by atoms with Gasteiger partial charge in [-0.3, -0.25) is 5.41 Å². The number of rotatable bonds is 2. The zero-order chi connectivity index (χ0) is 8.10. The summed E-state index contributed by atoms with van der Waals surface area (Å²) in [5, 5.41) is 6.85. The number of hydrogen-bond acceptors (Lipinski definition) is 1. The summed E-state index contributed by atoms with van der Waals surface area (Å²) in [6.07, 6.45) is 8.81. The van der Waals surface area contributed by atoms with E-state index in [0.29, 0.717) is 5.92 Å². The molecule has 0 aromatic heterocycles. The van der Waals surface area contributed by atoms with Crippen molar-refractivity contribution in [2.75, 3.05) is 0 Å². The van der Waals surface area contributed by atoms with E-state index >= 15 is 0 Å². The largest absolute Gasteiger partial charge is 0.259 e. The summed E-state index contributed by atoms with van der Waals surface area (Å²) >= 11 is 0. The van der Waals surface area contributed by atoms with Gasteiger partial charge in [0.1, 0.15) is 0 Å². The van der Waals surface area contributed by atoms with Crippen LogP contribution in [-0.2, 0) is 0 Å². The molecule has 1 saturated carbocycles. The predicted molar refractivity (Wildman–Crippen MR) is 48.0 cm³/mol. The normalized spacial score (nSPS) is 22.3. The van der Waals surface area contributed by atoms with Crippen molar-refractivity contribution in [1.82, 2.24) is 0 Å². The summed E-state index contributed by atoms with van der Waals surface area (Å²) in [4.78, 5) is 0. The molecule has 0 bridgehead atoms. The molecule has 62 valence electrons. The second kappa shape index (κ2) is 4.35. The van der Waals surface area contributed by atoms with E-state index in [0.717, 1.165) is 5.92 Å². The molecule has 1 N–H and O–H groups in total. The molecule has 1 nitrogen and oxygen atoms in total. The highest BCUT2D eigenvalue weighted by Crippen LogP contribution is 2.29. The van der Waals surface area contributed by atoms with Crippen LogP contribution >= 0.6 is 0 Å². The van der Waals surface area contributed by atoms with Gasteiger partial charge >= 0.3 is 0 Å². The molecule has 0 spiro atoms. The van der Waals surface area contributed by atoms with Gasteiger partial charge in [-0.2, -0.15) is 0 Å². The van der Waals surface area contributed by atoms with Gasteiger partial charge in [-0.1, -0.05) is 26.2 Å². The minimum absolute atomic E-state index is 0.577. The van der Waals surface area contributed by atoms with Crippen LogP contribution in [0.1, 0.15) is 39.0 Å². The van der Waals surface area contributed by atoms with E-state index in [1.807, 2.05) is 6.08 Å². The molecular weight excluding hydrogens is 134 g/mol. The van der Waals surface area contributed by atoms with Crippen LogP contribution < -0.4 is 0 Å². The Bertz CT molecular complexity index is 150. The number of nitrogens with one attached hydrogen (secondary N) is 1. The SMILES string of the molecule is CC(C=C=N)C1CCCCC1. The van der Waals surface area contributed by atoms with Crippen molar-refractivity contribution in [3.63, 3.8) is 0 Å². The lowest BCUT2D eigenvalue weighted by Crippen LogP contribution is -2.13. The molecule has 1 atom stereocenters. The van der Waals surface area contributed by atoms with Gasteiger partial charge in [-0.15, -0.1) is 0 Å². The van der Waals surface area contributed by atoms with Crippen molar-refractivity contribution < 1.29 is 0 Å².